The average molecular weight is 343 g/mol. The number of esters is 1. The normalized spacial score (nSPS) is 19.8. The van der Waals surface area contributed by atoms with Crippen molar-refractivity contribution in [3.63, 3.8) is 0 Å². The van der Waals surface area contributed by atoms with E-state index < -0.39 is 21.9 Å². The molecule has 0 aliphatic carbocycles. The Morgan fingerprint density at radius 1 is 1.33 bits per heavy atom. The second-order valence-electron chi connectivity index (χ2n) is 4.68. The molecule has 3 rings (SSSR count). The van der Waals surface area contributed by atoms with Crippen LogP contribution >= 0.6 is 22.9 Å². The zero-order chi connectivity index (χ0) is 15.0. The summed E-state index contributed by atoms with van der Waals surface area (Å²) in [7, 11) is -3.23. The summed E-state index contributed by atoms with van der Waals surface area (Å²) < 4.78 is 29.6. The number of carbonyl (C=O) groups excluding carboxylic acids is 1. The molecule has 0 N–H and O–H groups in total. The van der Waals surface area contributed by atoms with E-state index in [0.29, 0.717) is 20.4 Å². The van der Waals surface area contributed by atoms with E-state index in [4.69, 9.17) is 16.3 Å². The van der Waals surface area contributed by atoms with E-state index in [2.05, 4.69) is 0 Å². The Hall–Kier alpha value is -1.37. The van der Waals surface area contributed by atoms with Gasteiger partial charge in [-0.3, -0.25) is 0 Å². The minimum absolute atomic E-state index is 0.00595. The Labute approximate surface area is 131 Å². The van der Waals surface area contributed by atoms with Crippen LogP contribution in [0, 0.1) is 0 Å². The van der Waals surface area contributed by atoms with E-state index in [1.165, 1.54) is 6.07 Å². The molecule has 1 aromatic heterocycles. The van der Waals surface area contributed by atoms with Crippen molar-refractivity contribution in [3.05, 3.63) is 51.9 Å². The Bertz CT molecular complexity index is 795. The number of rotatable bonds is 2. The highest BCUT2D eigenvalue weighted by atomic mass is 35.5. The Morgan fingerprint density at radius 3 is 2.90 bits per heavy atom. The third kappa shape index (κ3) is 2.84. The molecule has 110 valence electrons. The number of benzene rings is 1. The maximum absolute atomic E-state index is 12.1. The fourth-order valence-corrected chi connectivity index (χ4v) is 5.38. The topological polar surface area (TPSA) is 60.4 Å². The zero-order valence-corrected chi connectivity index (χ0v) is 13.2. The molecular weight excluding hydrogens is 332 g/mol. The maximum atomic E-state index is 12.1. The largest absolute Gasteiger partial charge is 0.454 e. The summed E-state index contributed by atoms with van der Waals surface area (Å²) in [6.45, 7) is 0. The lowest BCUT2D eigenvalue weighted by Gasteiger charge is -2.22. The van der Waals surface area contributed by atoms with Crippen molar-refractivity contribution in [1.82, 2.24) is 0 Å². The predicted octanol–water partition coefficient (Wildman–Crippen LogP) is 3.48. The molecular formula is C14H11ClO4S2. The molecule has 0 radical (unpaired) electrons. The first-order valence-corrected chi connectivity index (χ1v) is 9.15. The van der Waals surface area contributed by atoms with Gasteiger partial charge in [-0.2, -0.15) is 0 Å². The number of sulfone groups is 1. The number of thiophene rings is 1. The summed E-state index contributed by atoms with van der Waals surface area (Å²) >= 11 is 7.01. The van der Waals surface area contributed by atoms with Crippen LogP contribution in [0.2, 0.25) is 5.02 Å². The summed E-state index contributed by atoms with van der Waals surface area (Å²) in [6.07, 6.45) is -0.250. The monoisotopic (exact) mass is 342 g/mol. The highest BCUT2D eigenvalue weighted by molar-refractivity contribution is 7.93. The van der Waals surface area contributed by atoms with Gasteiger partial charge in [0, 0.05) is 17.0 Å². The molecule has 0 saturated carbocycles. The van der Waals surface area contributed by atoms with Gasteiger partial charge in [-0.25, -0.2) is 13.2 Å². The molecule has 2 aromatic rings. The van der Waals surface area contributed by atoms with Crippen molar-refractivity contribution in [2.75, 3.05) is 5.75 Å². The number of hydrogen-bond acceptors (Lipinski definition) is 5. The number of fused-ring (bicyclic) bond motifs is 1. The molecule has 0 saturated heterocycles. The molecule has 1 aromatic carbocycles. The SMILES string of the molecule is O=C(O[C@@H]1CCS(=O)(=O)c2sccc21)c1cccc(Cl)c1. The molecule has 7 heteroatoms. The highest BCUT2D eigenvalue weighted by Gasteiger charge is 2.33. The van der Waals surface area contributed by atoms with Gasteiger partial charge in [-0.15, -0.1) is 11.3 Å². The first-order chi connectivity index (χ1) is 9.97. The van der Waals surface area contributed by atoms with Crippen LogP contribution in [0.1, 0.15) is 28.4 Å². The molecule has 1 aliphatic heterocycles. The van der Waals surface area contributed by atoms with Gasteiger partial charge >= 0.3 is 5.97 Å². The Kier molecular flexibility index (Phi) is 3.77. The number of hydrogen-bond donors (Lipinski definition) is 0. The molecule has 1 atom stereocenters. The molecule has 0 amide bonds. The molecule has 0 unspecified atom stereocenters. The van der Waals surface area contributed by atoms with Crippen LogP contribution in [0.15, 0.2) is 39.9 Å². The van der Waals surface area contributed by atoms with Crippen molar-refractivity contribution < 1.29 is 17.9 Å². The third-order valence-electron chi connectivity index (χ3n) is 3.25. The van der Waals surface area contributed by atoms with Crippen molar-refractivity contribution in [2.24, 2.45) is 0 Å². The van der Waals surface area contributed by atoms with Gasteiger partial charge in [-0.1, -0.05) is 17.7 Å². The lowest BCUT2D eigenvalue weighted by molar-refractivity contribution is 0.0280. The van der Waals surface area contributed by atoms with Crippen LogP contribution in [0.3, 0.4) is 0 Å². The Balaban J connectivity index is 1.85. The van der Waals surface area contributed by atoms with Gasteiger partial charge in [-0.05, 0) is 29.6 Å². The third-order valence-corrected chi connectivity index (χ3v) is 6.83. The minimum atomic E-state index is -3.23. The molecule has 21 heavy (non-hydrogen) atoms. The summed E-state index contributed by atoms with van der Waals surface area (Å²) in [5.41, 5.74) is 0.925. The van der Waals surface area contributed by atoms with Crippen LogP contribution < -0.4 is 0 Å². The highest BCUT2D eigenvalue weighted by Crippen LogP contribution is 2.38. The smallest absolute Gasteiger partial charge is 0.338 e. The minimum Gasteiger partial charge on any atom is -0.454 e. The fraction of sp³-hybridized carbons (Fsp3) is 0.214. The van der Waals surface area contributed by atoms with Crippen LogP contribution in [-0.2, 0) is 14.6 Å². The van der Waals surface area contributed by atoms with Crippen LogP contribution in [0.4, 0.5) is 0 Å². The van der Waals surface area contributed by atoms with E-state index in [1.54, 1.807) is 29.6 Å². The quantitative estimate of drug-likeness (QED) is 0.784. The van der Waals surface area contributed by atoms with Gasteiger partial charge in [0.05, 0.1) is 11.3 Å². The molecule has 2 heterocycles. The summed E-state index contributed by atoms with van der Waals surface area (Å²) in [4.78, 5) is 12.1. The van der Waals surface area contributed by atoms with E-state index >= 15 is 0 Å². The van der Waals surface area contributed by atoms with E-state index in [1.807, 2.05) is 0 Å². The van der Waals surface area contributed by atoms with E-state index in [-0.39, 0.29) is 12.2 Å². The van der Waals surface area contributed by atoms with Crippen molar-refractivity contribution >= 4 is 38.7 Å². The van der Waals surface area contributed by atoms with Crippen molar-refractivity contribution in [2.45, 2.75) is 16.7 Å². The number of ether oxygens (including phenoxy) is 1. The fourth-order valence-electron chi connectivity index (χ4n) is 2.24. The second kappa shape index (κ2) is 5.44. The molecule has 4 nitrogen and oxygen atoms in total. The second-order valence-corrected chi connectivity index (χ2v) is 8.33. The van der Waals surface area contributed by atoms with Gasteiger partial charge in [0.15, 0.2) is 9.84 Å². The van der Waals surface area contributed by atoms with Crippen molar-refractivity contribution in [1.29, 1.82) is 0 Å². The summed E-state index contributed by atoms with van der Waals surface area (Å²) in [5, 5.41) is 2.15. The van der Waals surface area contributed by atoms with Crippen molar-refractivity contribution in [3.8, 4) is 0 Å². The molecule has 0 bridgehead atoms. The lowest BCUT2D eigenvalue weighted by Crippen LogP contribution is -2.22. The van der Waals surface area contributed by atoms with Gasteiger partial charge in [0.2, 0.25) is 0 Å². The number of halogens is 1. The molecule has 1 aliphatic rings. The first kappa shape index (κ1) is 14.6. The van der Waals surface area contributed by atoms with E-state index in [9.17, 15) is 13.2 Å². The van der Waals surface area contributed by atoms with Gasteiger partial charge in [0.25, 0.3) is 0 Å². The summed E-state index contributed by atoms with van der Waals surface area (Å²) in [6, 6.07) is 8.18. The summed E-state index contributed by atoms with van der Waals surface area (Å²) in [5.74, 6) is -0.507. The Morgan fingerprint density at radius 2 is 2.14 bits per heavy atom. The standard InChI is InChI=1S/C14H11ClO4S2/c15-10-3-1-2-9(8-10)13(16)19-12-5-7-21(17,18)14-11(12)4-6-20-14/h1-4,6,8,12H,5,7H2/t12-/m1/s1. The number of carbonyl (C=O) groups is 1. The molecule has 0 spiro atoms. The maximum Gasteiger partial charge on any atom is 0.338 e. The van der Waals surface area contributed by atoms with E-state index in [0.717, 1.165) is 11.3 Å². The first-order valence-electron chi connectivity index (χ1n) is 6.24. The van der Waals surface area contributed by atoms with Crippen LogP contribution in [0.25, 0.3) is 0 Å². The zero-order valence-electron chi connectivity index (χ0n) is 10.8. The molecule has 0 fully saturated rings. The van der Waals surface area contributed by atoms with Crippen LogP contribution in [0.5, 0.6) is 0 Å². The lowest BCUT2D eigenvalue weighted by atomic mass is 10.1. The van der Waals surface area contributed by atoms with Gasteiger partial charge < -0.3 is 4.74 Å². The van der Waals surface area contributed by atoms with Gasteiger partial charge in [0.1, 0.15) is 10.3 Å². The van der Waals surface area contributed by atoms with Crippen LogP contribution in [-0.4, -0.2) is 20.1 Å². The average Bonchev–Trinajstić information content (AvgIpc) is 2.93. The predicted molar refractivity (Wildman–Crippen MR) is 80.6 cm³/mol.